The fourth-order valence-electron chi connectivity index (χ4n) is 3.88. The van der Waals surface area contributed by atoms with Gasteiger partial charge in [-0.2, -0.15) is 0 Å². The smallest absolute Gasteiger partial charge is 0.413 e. The summed E-state index contributed by atoms with van der Waals surface area (Å²) < 4.78 is 28.9. The van der Waals surface area contributed by atoms with Crippen LogP contribution in [0.5, 0.6) is 0 Å². The zero-order valence-corrected chi connectivity index (χ0v) is 30.1. The normalized spacial score (nSPS) is 20.5. The second-order valence-electron chi connectivity index (χ2n) is 12.4. The van der Waals surface area contributed by atoms with E-state index >= 15 is 0 Å². The third-order valence-corrected chi connectivity index (χ3v) is 9.19. The van der Waals surface area contributed by atoms with Crippen LogP contribution >= 0.6 is 33.9 Å². The van der Waals surface area contributed by atoms with E-state index in [2.05, 4.69) is 20.8 Å². The number of rotatable bonds is 9. The van der Waals surface area contributed by atoms with Gasteiger partial charge >= 0.3 is 26.1 Å². The highest BCUT2D eigenvalue weighted by molar-refractivity contribution is 14.1. The van der Waals surface area contributed by atoms with Gasteiger partial charge in [0, 0.05) is 15.4 Å². The van der Waals surface area contributed by atoms with Crippen molar-refractivity contribution >= 4 is 93.8 Å². The molecule has 246 valence electrons. The quantitative estimate of drug-likeness (QED) is 0.0539. The number of hydrogen-bond acceptors (Lipinski definition) is 13. The number of halogens is 1. The molecule has 1 unspecified atom stereocenters. The number of nitrogens with zero attached hydrogens (tertiary/aromatic N) is 3. The fraction of sp³-hybridized carbons (Fsp3) is 0.577. The second-order valence-corrected chi connectivity index (χ2v) is 15.5. The highest BCUT2D eigenvalue weighted by Gasteiger charge is 2.61. The Morgan fingerprint density at radius 2 is 1.78 bits per heavy atom. The van der Waals surface area contributed by atoms with Crippen LogP contribution in [-0.4, -0.2) is 96.4 Å². The molecule has 1 aromatic heterocycles. The molecule has 19 heteroatoms. The zero-order chi connectivity index (χ0) is 34.1. The van der Waals surface area contributed by atoms with E-state index in [0.29, 0.717) is 10.0 Å². The molecule has 45 heavy (non-hydrogen) atoms. The number of ether oxygens (including phenoxy) is 2. The largest absolute Gasteiger partial charge is 0.614 e. The van der Waals surface area contributed by atoms with E-state index in [0.717, 1.165) is 16.2 Å². The minimum atomic E-state index is -1.66. The minimum absolute atomic E-state index is 0.000642. The molecule has 1 aromatic rings. The summed E-state index contributed by atoms with van der Waals surface area (Å²) in [7, 11) is 1.17. The number of oxime groups is 1. The maximum atomic E-state index is 13.6. The molecular formula is C26H35BIN5O10S2. The Bertz CT molecular complexity index is 1440. The molecule has 0 radical (unpaired) electrons. The van der Waals surface area contributed by atoms with Gasteiger partial charge < -0.3 is 28.8 Å². The molecule has 3 rings (SSSR count). The highest BCUT2D eigenvalue weighted by atomic mass is 127. The Balaban J connectivity index is 1.92. The van der Waals surface area contributed by atoms with Crippen LogP contribution < -0.4 is 10.6 Å². The third kappa shape index (κ3) is 8.88. The number of thiazole rings is 1. The molecule has 15 nitrogen and oxygen atoms in total. The molecule has 2 N–H and O–H groups in total. The van der Waals surface area contributed by atoms with Crippen LogP contribution in [0.1, 0.15) is 61.1 Å². The van der Waals surface area contributed by atoms with Gasteiger partial charge in [-0.1, -0.05) is 27.7 Å². The fourth-order valence-corrected chi connectivity index (χ4v) is 7.25. The van der Waals surface area contributed by atoms with Crippen molar-refractivity contribution in [2.24, 2.45) is 5.16 Å². The monoisotopic (exact) mass is 779 g/mol. The molecule has 2 aliphatic rings. The molecule has 0 spiro atoms. The molecule has 1 fully saturated rings. The molecule has 3 amide bonds. The number of hydrogen-bond donors (Lipinski definition) is 2. The molecule has 3 atom stereocenters. The van der Waals surface area contributed by atoms with Gasteiger partial charge in [-0.15, -0.1) is 11.3 Å². The van der Waals surface area contributed by atoms with Gasteiger partial charge in [-0.05, 0) is 66.6 Å². The first-order valence-corrected chi connectivity index (χ1v) is 17.3. The number of aromatic nitrogens is 1. The summed E-state index contributed by atoms with van der Waals surface area (Å²) in [5.41, 5.74) is -3.30. The van der Waals surface area contributed by atoms with Crippen molar-refractivity contribution in [1.29, 1.82) is 0 Å². The van der Waals surface area contributed by atoms with Gasteiger partial charge in [-0.3, -0.25) is 19.8 Å². The topological polar surface area (TPSA) is 198 Å². The van der Waals surface area contributed by atoms with E-state index in [-0.39, 0.29) is 22.3 Å². The van der Waals surface area contributed by atoms with E-state index in [1.807, 2.05) is 22.6 Å². The number of amides is 3. The van der Waals surface area contributed by atoms with Crippen molar-refractivity contribution < 1.29 is 47.5 Å². The van der Waals surface area contributed by atoms with E-state index in [4.69, 9.17) is 19.0 Å². The Labute approximate surface area is 281 Å². The predicted octanol–water partition coefficient (Wildman–Crippen LogP) is 1.53. The van der Waals surface area contributed by atoms with E-state index in [9.17, 15) is 28.5 Å². The summed E-state index contributed by atoms with van der Waals surface area (Å²) in [6, 6.07) is -1.28. The standard InChI is InChI=1S/C26H35BIN5O10S2/c1-24(2,3)40-21(37)26(7,8)43-32-14(13-10-44-22(29-13)31-23(38)41-25(4,5)6)17(34)30-15-18(35)33-16(20(36)42-27)12(9-28)11-45(39)19(15)33/h10,15,19H,9,11,27H2,1-8H3,(H,30,34)(H,29,31,38)/b32-14-/t15-,19-,45?/m1/s1. The summed E-state index contributed by atoms with van der Waals surface area (Å²) in [4.78, 5) is 75.2. The third-order valence-electron chi connectivity index (χ3n) is 5.86. The van der Waals surface area contributed by atoms with Gasteiger partial charge in [0.1, 0.15) is 28.3 Å². The summed E-state index contributed by atoms with van der Waals surface area (Å²) in [6.45, 7) is 12.9. The number of anilines is 1. The van der Waals surface area contributed by atoms with E-state index in [1.165, 1.54) is 27.3 Å². The SMILES string of the molecule is BOC(=O)C1=C(CI)C[S+]([O-])[C@@H]2[C@H](NC(=O)/C(=N\OC(C)(C)C(=O)OC(C)(C)C)c3csc(NC(=O)OC(C)(C)C)n3)C(=O)N12. The average molecular weight is 779 g/mol. The number of esters is 1. The van der Waals surface area contributed by atoms with Gasteiger partial charge in [0.25, 0.3) is 11.8 Å². The number of fused-ring (bicyclic) bond motifs is 1. The minimum Gasteiger partial charge on any atom is -0.614 e. The van der Waals surface area contributed by atoms with Crippen molar-refractivity contribution in [3.05, 3.63) is 22.3 Å². The number of alkyl halides is 1. The highest BCUT2D eigenvalue weighted by Crippen LogP contribution is 2.37. The molecule has 2 aliphatic heterocycles. The van der Waals surface area contributed by atoms with Crippen LogP contribution in [0.4, 0.5) is 9.93 Å². The van der Waals surface area contributed by atoms with Crippen LogP contribution in [0.15, 0.2) is 21.8 Å². The predicted molar refractivity (Wildman–Crippen MR) is 176 cm³/mol. The number of carbonyl (C=O) groups is 5. The summed E-state index contributed by atoms with van der Waals surface area (Å²) in [5, 5.41) is 9.33. The van der Waals surface area contributed by atoms with E-state index in [1.54, 1.807) is 41.5 Å². The van der Waals surface area contributed by atoms with Crippen molar-refractivity contribution in [2.45, 2.75) is 83.6 Å². The van der Waals surface area contributed by atoms with Crippen molar-refractivity contribution in [2.75, 3.05) is 15.5 Å². The molecular weight excluding hydrogens is 744 g/mol. The van der Waals surface area contributed by atoms with Crippen LogP contribution in [-0.2, 0) is 49.3 Å². The van der Waals surface area contributed by atoms with Crippen molar-refractivity contribution in [3.63, 3.8) is 0 Å². The van der Waals surface area contributed by atoms with Gasteiger partial charge in [-0.25, -0.2) is 19.4 Å². The number of carbonyl (C=O) groups excluding carboxylic acids is 5. The maximum Gasteiger partial charge on any atom is 0.413 e. The molecule has 0 aliphatic carbocycles. The number of β-lactam (4-membered cyclic amide) rings is 1. The second kappa shape index (κ2) is 13.8. The molecule has 0 saturated carbocycles. The van der Waals surface area contributed by atoms with Gasteiger partial charge in [0.05, 0.1) is 0 Å². The summed E-state index contributed by atoms with van der Waals surface area (Å²) >= 11 is 1.30. The van der Waals surface area contributed by atoms with Gasteiger partial charge in [0.15, 0.2) is 16.9 Å². The van der Waals surface area contributed by atoms with Crippen molar-refractivity contribution in [3.8, 4) is 0 Å². The first kappa shape index (κ1) is 36.6. The molecule has 0 bridgehead atoms. The summed E-state index contributed by atoms with van der Waals surface area (Å²) in [5.74, 6) is -3.14. The molecule has 0 aromatic carbocycles. The Morgan fingerprint density at radius 3 is 2.33 bits per heavy atom. The van der Waals surface area contributed by atoms with Crippen LogP contribution in [0, 0.1) is 0 Å². The van der Waals surface area contributed by atoms with Crippen LogP contribution in [0.2, 0.25) is 0 Å². The summed E-state index contributed by atoms with van der Waals surface area (Å²) in [6.07, 6.45) is -0.783. The lowest BCUT2D eigenvalue weighted by molar-refractivity contribution is -0.179. The van der Waals surface area contributed by atoms with Crippen LogP contribution in [0.3, 0.4) is 0 Å². The molecule has 3 heterocycles. The first-order valence-electron chi connectivity index (χ1n) is 13.5. The zero-order valence-electron chi connectivity index (χ0n) is 26.3. The Morgan fingerprint density at radius 1 is 1.16 bits per heavy atom. The lowest BCUT2D eigenvalue weighted by Gasteiger charge is -2.49. The Hall–Kier alpha value is -2.91. The van der Waals surface area contributed by atoms with E-state index < -0.39 is 75.0 Å². The van der Waals surface area contributed by atoms with Crippen molar-refractivity contribution in [1.82, 2.24) is 15.2 Å². The van der Waals surface area contributed by atoms with Crippen LogP contribution in [0.25, 0.3) is 0 Å². The molecule has 1 saturated heterocycles. The number of nitrogens with one attached hydrogen (secondary N) is 2. The van der Waals surface area contributed by atoms with Gasteiger partial charge in [0.2, 0.25) is 11.0 Å². The lowest BCUT2D eigenvalue weighted by Crippen LogP contribution is -2.75. The first-order chi connectivity index (χ1) is 20.7. The maximum absolute atomic E-state index is 13.6. The lowest BCUT2D eigenvalue weighted by atomic mass is 10.0. The average Bonchev–Trinajstić information content (AvgIpc) is 3.36. The Kier molecular flexibility index (Phi) is 11.2.